The lowest BCUT2D eigenvalue weighted by atomic mass is 10.2. The summed E-state index contributed by atoms with van der Waals surface area (Å²) in [5.41, 5.74) is 5.04. The van der Waals surface area contributed by atoms with Gasteiger partial charge in [0.1, 0.15) is 13.2 Å². The molecule has 0 saturated carbocycles. The Balaban J connectivity index is 1.27. The smallest absolute Gasteiger partial charge is 0.278 e. The van der Waals surface area contributed by atoms with Crippen LogP contribution in [-0.4, -0.2) is 41.9 Å². The van der Waals surface area contributed by atoms with Gasteiger partial charge >= 0.3 is 0 Å². The topological polar surface area (TPSA) is 107 Å². The molecule has 3 aromatic rings. The summed E-state index contributed by atoms with van der Waals surface area (Å²) in [5, 5.41) is 7.11. The number of hydrogen-bond acceptors (Lipinski definition) is 8. The van der Waals surface area contributed by atoms with E-state index in [1.54, 1.807) is 12.1 Å². The third-order valence-electron chi connectivity index (χ3n) is 4.44. The van der Waals surface area contributed by atoms with Crippen LogP contribution in [0.15, 0.2) is 59.7 Å². The first-order valence-electron chi connectivity index (χ1n) is 10.1. The molecular formula is C23H23N5O4. The number of nitrogens with zero attached hydrogens (tertiary/aromatic N) is 3. The Kier molecular flexibility index (Phi) is 6.76. The molecule has 32 heavy (non-hydrogen) atoms. The third-order valence-corrected chi connectivity index (χ3v) is 4.44. The molecule has 2 heterocycles. The van der Waals surface area contributed by atoms with Crippen LogP contribution in [0.5, 0.6) is 17.4 Å². The van der Waals surface area contributed by atoms with E-state index in [9.17, 15) is 4.79 Å². The van der Waals surface area contributed by atoms with Gasteiger partial charge in [0.15, 0.2) is 18.1 Å². The van der Waals surface area contributed by atoms with E-state index in [0.717, 1.165) is 16.8 Å². The van der Waals surface area contributed by atoms with Crippen LogP contribution < -0.4 is 25.0 Å². The standard InChI is InChI=1S/C23H23N5O4/c1-16-11-22(27-23(26-16)24-13-17-5-3-2-4-6-17)32-15-21(29)28-25-14-18-7-8-19-20(12-18)31-10-9-30-19/h2-8,11-12,14H,9-10,13,15H2,1H3,(H,28,29)(H,24,26,27). The van der Waals surface area contributed by atoms with Crippen molar-refractivity contribution in [1.29, 1.82) is 0 Å². The molecule has 1 aliphatic heterocycles. The van der Waals surface area contributed by atoms with Crippen molar-refractivity contribution >= 4 is 18.1 Å². The number of nitrogens with one attached hydrogen (secondary N) is 2. The number of aromatic nitrogens is 2. The maximum Gasteiger partial charge on any atom is 0.278 e. The molecule has 1 aromatic heterocycles. The SMILES string of the molecule is Cc1cc(OCC(=O)NN=Cc2ccc3c(c2)OCCO3)nc(NCc2ccccc2)n1. The van der Waals surface area contributed by atoms with E-state index in [-0.39, 0.29) is 6.61 Å². The number of fused-ring (bicyclic) bond motifs is 1. The van der Waals surface area contributed by atoms with Crippen molar-refractivity contribution in [3.05, 3.63) is 71.4 Å². The average Bonchev–Trinajstić information content (AvgIpc) is 2.82. The Morgan fingerprint density at radius 3 is 2.75 bits per heavy atom. The van der Waals surface area contributed by atoms with Crippen LogP contribution in [0, 0.1) is 6.92 Å². The number of benzene rings is 2. The first-order valence-corrected chi connectivity index (χ1v) is 10.1. The van der Waals surface area contributed by atoms with Gasteiger partial charge in [-0.25, -0.2) is 10.4 Å². The van der Waals surface area contributed by atoms with Gasteiger partial charge in [-0.05, 0) is 36.2 Å². The lowest BCUT2D eigenvalue weighted by Gasteiger charge is -2.18. The summed E-state index contributed by atoms with van der Waals surface area (Å²) in [6.07, 6.45) is 1.52. The van der Waals surface area contributed by atoms with E-state index >= 15 is 0 Å². The monoisotopic (exact) mass is 433 g/mol. The molecule has 0 aliphatic carbocycles. The highest BCUT2D eigenvalue weighted by Gasteiger charge is 2.11. The lowest BCUT2D eigenvalue weighted by Crippen LogP contribution is -2.25. The molecule has 164 valence electrons. The summed E-state index contributed by atoms with van der Waals surface area (Å²) < 4.78 is 16.5. The maximum atomic E-state index is 12.1. The van der Waals surface area contributed by atoms with Gasteiger partial charge in [0.25, 0.3) is 5.91 Å². The summed E-state index contributed by atoms with van der Waals surface area (Å²) in [5.74, 6) is 1.68. The molecule has 0 unspecified atom stereocenters. The number of carbonyl (C=O) groups excluding carboxylic acids is 1. The second-order valence-corrected chi connectivity index (χ2v) is 7.00. The number of hydrogen-bond donors (Lipinski definition) is 2. The summed E-state index contributed by atoms with van der Waals surface area (Å²) in [6.45, 7) is 3.23. The van der Waals surface area contributed by atoms with Gasteiger partial charge in [-0.3, -0.25) is 4.79 Å². The van der Waals surface area contributed by atoms with Gasteiger partial charge in [0.2, 0.25) is 11.8 Å². The number of carbonyl (C=O) groups is 1. The minimum Gasteiger partial charge on any atom is -0.486 e. The highest BCUT2D eigenvalue weighted by Crippen LogP contribution is 2.30. The van der Waals surface area contributed by atoms with E-state index in [2.05, 4.69) is 25.8 Å². The first-order chi connectivity index (χ1) is 15.7. The Hall–Kier alpha value is -4.14. The van der Waals surface area contributed by atoms with Gasteiger partial charge < -0.3 is 19.5 Å². The minimum atomic E-state index is -0.408. The second kappa shape index (κ2) is 10.3. The summed E-state index contributed by atoms with van der Waals surface area (Å²) in [6, 6.07) is 17.0. The average molecular weight is 433 g/mol. The van der Waals surface area contributed by atoms with Crippen molar-refractivity contribution in [2.45, 2.75) is 13.5 Å². The molecule has 0 radical (unpaired) electrons. The quantitative estimate of drug-likeness (QED) is 0.415. The van der Waals surface area contributed by atoms with Gasteiger partial charge in [-0.15, -0.1) is 0 Å². The molecular weight excluding hydrogens is 410 g/mol. The van der Waals surface area contributed by atoms with Crippen molar-refractivity contribution < 1.29 is 19.0 Å². The Morgan fingerprint density at radius 1 is 1.09 bits per heavy atom. The van der Waals surface area contributed by atoms with E-state index in [1.165, 1.54) is 6.21 Å². The highest BCUT2D eigenvalue weighted by molar-refractivity contribution is 5.83. The van der Waals surface area contributed by atoms with Crippen molar-refractivity contribution in [1.82, 2.24) is 15.4 Å². The second-order valence-electron chi connectivity index (χ2n) is 7.00. The van der Waals surface area contributed by atoms with Crippen molar-refractivity contribution in [3.63, 3.8) is 0 Å². The van der Waals surface area contributed by atoms with Crippen LogP contribution in [0.1, 0.15) is 16.8 Å². The van der Waals surface area contributed by atoms with Crippen LogP contribution in [0.2, 0.25) is 0 Å². The molecule has 4 rings (SSSR count). The fourth-order valence-corrected chi connectivity index (χ4v) is 2.96. The van der Waals surface area contributed by atoms with Crippen LogP contribution in [0.4, 0.5) is 5.95 Å². The molecule has 1 amide bonds. The summed E-state index contributed by atoms with van der Waals surface area (Å²) in [4.78, 5) is 20.7. The van der Waals surface area contributed by atoms with Crippen molar-refractivity contribution in [2.24, 2.45) is 5.10 Å². The molecule has 0 fully saturated rings. The number of ether oxygens (including phenoxy) is 3. The Morgan fingerprint density at radius 2 is 1.91 bits per heavy atom. The minimum absolute atomic E-state index is 0.229. The molecule has 1 aliphatic rings. The van der Waals surface area contributed by atoms with Crippen LogP contribution in [0.3, 0.4) is 0 Å². The largest absolute Gasteiger partial charge is 0.486 e. The molecule has 0 spiro atoms. The zero-order chi connectivity index (χ0) is 22.2. The van der Waals surface area contributed by atoms with Crippen LogP contribution in [0.25, 0.3) is 0 Å². The molecule has 0 saturated heterocycles. The van der Waals surface area contributed by atoms with Crippen LogP contribution >= 0.6 is 0 Å². The number of hydrazone groups is 1. The Labute approximate surface area is 185 Å². The number of aryl methyl sites for hydroxylation is 1. The summed E-state index contributed by atoms with van der Waals surface area (Å²) >= 11 is 0. The molecule has 9 nitrogen and oxygen atoms in total. The number of amides is 1. The van der Waals surface area contributed by atoms with Gasteiger partial charge in [0.05, 0.1) is 6.21 Å². The van der Waals surface area contributed by atoms with Gasteiger partial charge in [-0.2, -0.15) is 10.1 Å². The molecule has 2 aromatic carbocycles. The molecule has 9 heteroatoms. The fourth-order valence-electron chi connectivity index (χ4n) is 2.96. The Bertz CT molecular complexity index is 1100. The predicted octanol–water partition coefficient (Wildman–Crippen LogP) is 2.70. The fraction of sp³-hybridized carbons (Fsp3) is 0.217. The highest BCUT2D eigenvalue weighted by atomic mass is 16.6. The molecule has 2 N–H and O–H groups in total. The van der Waals surface area contributed by atoms with Crippen molar-refractivity contribution in [3.8, 4) is 17.4 Å². The normalized spacial score (nSPS) is 12.4. The number of rotatable bonds is 8. The van der Waals surface area contributed by atoms with E-state index in [4.69, 9.17) is 14.2 Å². The van der Waals surface area contributed by atoms with E-state index < -0.39 is 5.91 Å². The lowest BCUT2D eigenvalue weighted by molar-refractivity contribution is -0.123. The zero-order valence-electron chi connectivity index (χ0n) is 17.6. The van der Waals surface area contributed by atoms with E-state index in [0.29, 0.717) is 43.1 Å². The third kappa shape index (κ3) is 5.94. The predicted molar refractivity (Wildman–Crippen MR) is 119 cm³/mol. The maximum absolute atomic E-state index is 12.1. The molecule has 0 bridgehead atoms. The summed E-state index contributed by atoms with van der Waals surface area (Å²) in [7, 11) is 0. The number of anilines is 1. The van der Waals surface area contributed by atoms with E-state index in [1.807, 2.05) is 49.4 Å². The van der Waals surface area contributed by atoms with Gasteiger partial charge in [-0.1, -0.05) is 30.3 Å². The van der Waals surface area contributed by atoms with Crippen molar-refractivity contribution in [2.75, 3.05) is 25.1 Å². The van der Waals surface area contributed by atoms with Gasteiger partial charge in [0, 0.05) is 18.3 Å². The zero-order valence-corrected chi connectivity index (χ0v) is 17.6. The first kappa shape index (κ1) is 21.1. The molecule has 0 atom stereocenters. The van der Waals surface area contributed by atoms with Crippen LogP contribution in [-0.2, 0) is 11.3 Å².